The molecule has 3 atom stereocenters. The molecule has 2 saturated heterocycles. The number of hydrogen-bond donors (Lipinski definition) is 2. The second-order valence-electron chi connectivity index (χ2n) is 3.96. The van der Waals surface area contributed by atoms with Crippen molar-refractivity contribution < 1.29 is 9.53 Å². The fourth-order valence-corrected chi connectivity index (χ4v) is 2.13. The van der Waals surface area contributed by atoms with Gasteiger partial charge in [0, 0.05) is 19.6 Å². The number of hydrogen-bond acceptors (Lipinski definition) is 4. The normalized spacial score (nSPS) is 34.0. The van der Waals surface area contributed by atoms with Gasteiger partial charge < -0.3 is 20.7 Å². The van der Waals surface area contributed by atoms with Gasteiger partial charge in [-0.1, -0.05) is 0 Å². The molecule has 0 spiro atoms. The lowest BCUT2D eigenvalue weighted by Gasteiger charge is -2.37. The summed E-state index contributed by atoms with van der Waals surface area (Å²) in [6.07, 6.45) is 0.159. The molecule has 5 nitrogen and oxygen atoms in total. The summed E-state index contributed by atoms with van der Waals surface area (Å²) in [5, 5.41) is 3.23. The van der Waals surface area contributed by atoms with Crippen molar-refractivity contribution in [1.29, 1.82) is 0 Å². The number of carbonyl (C=O) groups excluding carboxylic acids is 1. The van der Waals surface area contributed by atoms with Crippen molar-refractivity contribution >= 4 is 5.91 Å². The first-order valence-corrected chi connectivity index (χ1v) is 5.08. The third kappa shape index (κ3) is 1.63. The quantitative estimate of drug-likeness (QED) is 0.541. The highest BCUT2D eigenvalue weighted by molar-refractivity contribution is 5.81. The second-order valence-corrected chi connectivity index (χ2v) is 3.96. The summed E-state index contributed by atoms with van der Waals surface area (Å²) in [5.74, 6) is 0.0343. The average Bonchev–Trinajstić information content (AvgIpc) is 2.63. The molecule has 0 radical (unpaired) electrons. The molecule has 0 aromatic heterocycles. The Kier molecular flexibility index (Phi) is 2.71. The molecule has 2 aliphatic rings. The summed E-state index contributed by atoms with van der Waals surface area (Å²) >= 11 is 0. The van der Waals surface area contributed by atoms with Gasteiger partial charge in [0.15, 0.2) is 0 Å². The Hall–Kier alpha value is -0.650. The summed E-state index contributed by atoms with van der Waals surface area (Å²) in [5.41, 5.74) is 5.60. The first-order chi connectivity index (χ1) is 6.70. The number of amides is 1. The SMILES string of the molecule is C[C@@H](N)C(=O)N1CCO[C@@H]2CNC[C@H]21. The van der Waals surface area contributed by atoms with Crippen LogP contribution in [0.15, 0.2) is 0 Å². The number of nitrogens with two attached hydrogens (primary N) is 1. The molecule has 3 N–H and O–H groups in total. The van der Waals surface area contributed by atoms with Crippen LogP contribution in [0.2, 0.25) is 0 Å². The molecule has 0 saturated carbocycles. The van der Waals surface area contributed by atoms with E-state index in [1.54, 1.807) is 6.92 Å². The summed E-state index contributed by atoms with van der Waals surface area (Å²) in [6, 6.07) is -0.225. The van der Waals surface area contributed by atoms with E-state index in [2.05, 4.69) is 5.32 Å². The van der Waals surface area contributed by atoms with E-state index in [0.29, 0.717) is 13.2 Å². The van der Waals surface area contributed by atoms with Crippen LogP contribution in [-0.4, -0.2) is 55.2 Å². The highest BCUT2D eigenvalue weighted by Crippen LogP contribution is 2.17. The van der Waals surface area contributed by atoms with Crippen LogP contribution in [0.5, 0.6) is 0 Å². The molecule has 5 heteroatoms. The van der Waals surface area contributed by atoms with Gasteiger partial charge in [-0.05, 0) is 6.92 Å². The van der Waals surface area contributed by atoms with Crippen LogP contribution >= 0.6 is 0 Å². The Balaban J connectivity index is 2.06. The van der Waals surface area contributed by atoms with E-state index in [1.165, 1.54) is 0 Å². The zero-order valence-electron chi connectivity index (χ0n) is 8.40. The van der Waals surface area contributed by atoms with Gasteiger partial charge in [-0.3, -0.25) is 4.79 Å². The fourth-order valence-electron chi connectivity index (χ4n) is 2.13. The number of morpholine rings is 1. The van der Waals surface area contributed by atoms with Gasteiger partial charge in [0.1, 0.15) is 0 Å². The number of nitrogens with one attached hydrogen (secondary N) is 1. The predicted octanol–water partition coefficient (Wildman–Crippen LogP) is -1.47. The Bertz CT molecular complexity index is 232. The zero-order valence-corrected chi connectivity index (χ0v) is 8.40. The molecular weight excluding hydrogens is 182 g/mol. The van der Waals surface area contributed by atoms with Crippen LogP contribution in [0.1, 0.15) is 6.92 Å². The van der Waals surface area contributed by atoms with Crippen molar-refractivity contribution in [3.8, 4) is 0 Å². The molecule has 2 rings (SSSR count). The Morgan fingerprint density at radius 1 is 1.64 bits per heavy atom. The monoisotopic (exact) mass is 199 g/mol. The smallest absolute Gasteiger partial charge is 0.239 e. The van der Waals surface area contributed by atoms with Crippen LogP contribution in [-0.2, 0) is 9.53 Å². The topological polar surface area (TPSA) is 67.6 Å². The van der Waals surface area contributed by atoms with Gasteiger partial charge in [-0.25, -0.2) is 0 Å². The van der Waals surface area contributed by atoms with Gasteiger partial charge in [0.05, 0.1) is 24.8 Å². The van der Waals surface area contributed by atoms with Gasteiger partial charge >= 0.3 is 0 Å². The second kappa shape index (κ2) is 3.84. The van der Waals surface area contributed by atoms with Crippen molar-refractivity contribution in [2.45, 2.75) is 25.1 Å². The fraction of sp³-hybridized carbons (Fsp3) is 0.889. The van der Waals surface area contributed by atoms with Gasteiger partial charge in [0.2, 0.25) is 5.91 Å². The molecular formula is C9H17N3O2. The third-order valence-electron chi connectivity index (χ3n) is 2.87. The zero-order chi connectivity index (χ0) is 10.1. The summed E-state index contributed by atoms with van der Waals surface area (Å²) in [7, 11) is 0. The molecule has 80 valence electrons. The van der Waals surface area contributed by atoms with Gasteiger partial charge in [-0.15, -0.1) is 0 Å². The van der Waals surface area contributed by atoms with E-state index >= 15 is 0 Å². The third-order valence-corrected chi connectivity index (χ3v) is 2.87. The number of rotatable bonds is 1. The van der Waals surface area contributed by atoms with Crippen LogP contribution < -0.4 is 11.1 Å². The van der Waals surface area contributed by atoms with Gasteiger partial charge in [-0.2, -0.15) is 0 Å². The van der Waals surface area contributed by atoms with E-state index in [1.807, 2.05) is 4.90 Å². The molecule has 0 aliphatic carbocycles. The summed E-state index contributed by atoms with van der Waals surface area (Å²) < 4.78 is 5.56. The Morgan fingerprint density at radius 2 is 2.43 bits per heavy atom. The van der Waals surface area contributed by atoms with E-state index in [4.69, 9.17) is 10.5 Å². The molecule has 2 aliphatic heterocycles. The minimum absolute atomic E-state index is 0.0343. The highest BCUT2D eigenvalue weighted by atomic mass is 16.5. The number of nitrogens with zero attached hydrogens (tertiary/aromatic N) is 1. The van der Waals surface area contributed by atoms with E-state index in [9.17, 15) is 4.79 Å². The summed E-state index contributed by atoms with van der Waals surface area (Å²) in [6.45, 7) is 4.69. The van der Waals surface area contributed by atoms with Gasteiger partial charge in [0.25, 0.3) is 0 Å². The van der Waals surface area contributed by atoms with Crippen LogP contribution in [0.3, 0.4) is 0 Å². The molecule has 0 unspecified atom stereocenters. The molecule has 0 aromatic carbocycles. The molecule has 14 heavy (non-hydrogen) atoms. The lowest BCUT2D eigenvalue weighted by atomic mass is 10.1. The van der Waals surface area contributed by atoms with Crippen LogP contribution in [0, 0.1) is 0 Å². The minimum Gasteiger partial charge on any atom is -0.373 e. The van der Waals surface area contributed by atoms with E-state index < -0.39 is 6.04 Å². The first kappa shape index (κ1) is 9.89. The molecule has 0 aromatic rings. The Morgan fingerprint density at radius 3 is 3.14 bits per heavy atom. The largest absolute Gasteiger partial charge is 0.373 e. The molecule has 2 fully saturated rings. The van der Waals surface area contributed by atoms with Crippen molar-refractivity contribution in [1.82, 2.24) is 10.2 Å². The number of ether oxygens (including phenoxy) is 1. The lowest BCUT2D eigenvalue weighted by Crippen LogP contribution is -2.56. The molecule has 0 bridgehead atoms. The predicted molar refractivity (Wildman–Crippen MR) is 51.8 cm³/mol. The maximum absolute atomic E-state index is 11.8. The summed E-state index contributed by atoms with van der Waals surface area (Å²) in [4.78, 5) is 13.6. The number of carbonyl (C=O) groups is 1. The first-order valence-electron chi connectivity index (χ1n) is 5.08. The molecule has 2 heterocycles. The maximum Gasteiger partial charge on any atom is 0.239 e. The van der Waals surface area contributed by atoms with Crippen LogP contribution in [0.4, 0.5) is 0 Å². The van der Waals surface area contributed by atoms with Crippen molar-refractivity contribution in [3.63, 3.8) is 0 Å². The van der Waals surface area contributed by atoms with Crippen molar-refractivity contribution in [3.05, 3.63) is 0 Å². The average molecular weight is 199 g/mol. The minimum atomic E-state index is -0.408. The van der Waals surface area contributed by atoms with E-state index in [0.717, 1.165) is 13.1 Å². The highest BCUT2D eigenvalue weighted by Gasteiger charge is 2.38. The van der Waals surface area contributed by atoms with Crippen molar-refractivity contribution in [2.24, 2.45) is 5.73 Å². The van der Waals surface area contributed by atoms with E-state index in [-0.39, 0.29) is 18.1 Å². The van der Waals surface area contributed by atoms with Crippen LogP contribution in [0.25, 0.3) is 0 Å². The number of fused-ring (bicyclic) bond motifs is 1. The molecule has 1 amide bonds. The van der Waals surface area contributed by atoms with Crippen molar-refractivity contribution in [2.75, 3.05) is 26.2 Å². The Labute approximate surface area is 83.6 Å². The standard InChI is InChI=1S/C9H17N3O2/c1-6(10)9(13)12-2-3-14-8-5-11-4-7(8)12/h6-8,11H,2-5,10H2,1H3/t6-,7-,8-/m1/s1. The maximum atomic E-state index is 11.8. The lowest BCUT2D eigenvalue weighted by molar-refractivity contribution is -0.143.